The summed E-state index contributed by atoms with van der Waals surface area (Å²) < 4.78 is 5.06. The highest BCUT2D eigenvalue weighted by Crippen LogP contribution is 2.38. The van der Waals surface area contributed by atoms with Crippen LogP contribution < -0.4 is 0 Å². The summed E-state index contributed by atoms with van der Waals surface area (Å²) >= 11 is 0. The molecule has 0 amide bonds. The zero-order valence-electron chi connectivity index (χ0n) is 11.9. The van der Waals surface area contributed by atoms with Crippen LogP contribution in [0.3, 0.4) is 0 Å². The van der Waals surface area contributed by atoms with Crippen molar-refractivity contribution >= 4 is 0 Å². The van der Waals surface area contributed by atoms with Crippen LogP contribution in [0, 0.1) is 0 Å². The fourth-order valence-electron chi connectivity index (χ4n) is 3.12. The van der Waals surface area contributed by atoms with Crippen LogP contribution in [-0.4, -0.2) is 124 Å². The van der Waals surface area contributed by atoms with Gasteiger partial charge in [-0.1, -0.05) is 0 Å². The van der Waals surface area contributed by atoms with Gasteiger partial charge in [0.05, 0.1) is 6.61 Å². The highest BCUT2D eigenvalue weighted by Gasteiger charge is 2.65. The molecule has 11 atom stereocenters. The molecule has 11 heteroatoms. The van der Waals surface area contributed by atoms with Crippen molar-refractivity contribution in [3.63, 3.8) is 0 Å². The van der Waals surface area contributed by atoms with Gasteiger partial charge < -0.3 is 55.8 Å². The Hall–Kier alpha value is -0.440. The third-order valence-electron chi connectivity index (χ3n) is 4.64. The summed E-state index contributed by atoms with van der Waals surface area (Å²) in [5.41, 5.74) is -2.90. The average molecular weight is 342 g/mol. The molecule has 0 radical (unpaired) electrons. The maximum Gasteiger partial charge on any atom is 0.150 e. The predicted octanol–water partition coefficient (Wildman–Crippen LogP) is -6.62. The van der Waals surface area contributed by atoms with Crippen molar-refractivity contribution in [3.05, 3.63) is 0 Å². The molecule has 0 aromatic carbocycles. The molecular formula is C12H22O11. The van der Waals surface area contributed by atoms with E-state index in [4.69, 9.17) is 9.84 Å². The van der Waals surface area contributed by atoms with Gasteiger partial charge >= 0.3 is 0 Å². The minimum atomic E-state index is -2.90. The van der Waals surface area contributed by atoms with Crippen molar-refractivity contribution in [2.45, 2.75) is 66.6 Å². The van der Waals surface area contributed by atoms with Gasteiger partial charge in [-0.3, -0.25) is 0 Å². The number of hydrogen-bond acceptors (Lipinski definition) is 11. The molecule has 136 valence electrons. The molecule has 1 saturated heterocycles. The maximum atomic E-state index is 10.6. The van der Waals surface area contributed by atoms with Crippen LogP contribution >= 0.6 is 0 Å². The zero-order valence-corrected chi connectivity index (χ0v) is 11.9. The van der Waals surface area contributed by atoms with Crippen LogP contribution in [0.4, 0.5) is 0 Å². The summed E-state index contributed by atoms with van der Waals surface area (Å²) in [7, 11) is 0. The van der Waals surface area contributed by atoms with E-state index in [2.05, 4.69) is 0 Å². The third-order valence-corrected chi connectivity index (χ3v) is 4.64. The van der Waals surface area contributed by atoms with Crippen molar-refractivity contribution < 1.29 is 55.8 Å². The van der Waals surface area contributed by atoms with Crippen molar-refractivity contribution in [1.82, 2.24) is 0 Å². The minimum Gasteiger partial charge on any atom is -0.394 e. The first kappa shape index (κ1) is 18.9. The van der Waals surface area contributed by atoms with Gasteiger partial charge in [0.2, 0.25) is 0 Å². The van der Waals surface area contributed by atoms with Gasteiger partial charge in [-0.15, -0.1) is 0 Å². The summed E-state index contributed by atoms with van der Waals surface area (Å²) in [4.78, 5) is 0. The summed E-state index contributed by atoms with van der Waals surface area (Å²) in [6, 6.07) is 0. The van der Waals surface area contributed by atoms with Crippen LogP contribution in [0.15, 0.2) is 0 Å². The Morgan fingerprint density at radius 1 is 0.652 bits per heavy atom. The van der Waals surface area contributed by atoms with E-state index in [0.717, 1.165) is 0 Å². The number of aliphatic hydroxyl groups is 10. The Kier molecular flexibility index (Phi) is 5.31. The average Bonchev–Trinajstić information content (AvgIpc) is 2.54. The first-order valence-corrected chi connectivity index (χ1v) is 7.02. The zero-order chi connectivity index (χ0) is 17.7. The lowest BCUT2D eigenvalue weighted by atomic mass is 9.69. The summed E-state index contributed by atoms with van der Waals surface area (Å²) in [5, 5.41) is 98.0. The Labute approximate surface area is 130 Å². The molecule has 2 fully saturated rings. The molecule has 2 unspecified atom stereocenters. The van der Waals surface area contributed by atoms with Crippen LogP contribution in [0.2, 0.25) is 0 Å². The van der Waals surface area contributed by atoms with Gasteiger partial charge in [0.25, 0.3) is 0 Å². The fourth-order valence-corrected chi connectivity index (χ4v) is 3.12. The lowest BCUT2D eigenvalue weighted by molar-refractivity contribution is -0.339. The molecule has 1 aliphatic carbocycles. The van der Waals surface area contributed by atoms with Gasteiger partial charge in [-0.2, -0.15) is 0 Å². The Morgan fingerprint density at radius 2 is 1.09 bits per heavy atom. The van der Waals surface area contributed by atoms with Crippen LogP contribution in [0.5, 0.6) is 0 Å². The van der Waals surface area contributed by atoms with E-state index in [0.29, 0.717) is 0 Å². The van der Waals surface area contributed by atoms with E-state index >= 15 is 0 Å². The van der Waals surface area contributed by atoms with Gasteiger partial charge in [-0.25, -0.2) is 0 Å². The summed E-state index contributed by atoms with van der Waals surface area (Å²) in [6.45, 7) is -0.822. The number of aliphatic hydroxyl groups excluding tert-OH is 9. The molecular weight excluding hydrogens is 320 g/mol. The Morgan fingerprint density at radius 3 is 1.52 bits per heavy atom. The number of hydrogen-bond donors (Lipinski definition) is 10. The van der Waals surface area contributed by atoms with Crippen LogP contribution in [-0.2, 0) is 4.74 Å². The second-order valence-electron chi connectivity index (χ2n) is 6.00. The van der Waals surface area contributed by atoms with Gasteiger partial charge in [0, 0.05) is 0 Å². The fraction of sp³-hybridized carbons (Fsp3) is 1.00. The number of rotatable bonds is 2. The Balaban J connectivity index is 2.40. The highest BCUT2D eigenvalue weighted by molar-refractivity contribution is 5.15. The second kappa shape index (κ2) is 6.46. The first-order chi connectivity index (χ1) is 10.6. The minimum absolute atomic E-state index is 0.822. The molecule has 2 rings (SSSR count). The van der Waals surface area contributed by atoms with E-state index < -0.39 is 73.2 Å². The van der Waals surface area contributed by atoms with Gasteiger partial charge in [-0.05, 0) is 0 Å². The first-order valence-electron chi connectivity index (χ1n) is 7.02. The Bertz CT molecular complexity index is 402. The molecule has 11 nitrogen and oxygen atoms in total. The lowest BCUT2D eigenvalue weighted by Crippen LogP contribution is -2.79. The third kappa shape index (κ3) is 2.67. The monoisotopic (exact) mass is 342 g/mol. The largest absolute Gasteiger partial charge is 0.394 e. The van der Waals surface area contributed by atoms with Crippen molar-refractivity contribution in [1.29, 1.82) is 0 Å². The standard InChI is InChI=1S/C12H22O11/c13-1-2-3(14)4(15)8(19)11(23-2)12(22)9(20)6(17)5(16)7(18)10(12)21/h2-11,13-22H,1H2/t2-,3+,4+,5?,6-,7+,8-,9+,10+,11+,12?/m1/s1. The van der Waals surface area contributed by atoms with Crippen molar-refractivity contribution in [2.24, 2.45) is 0 Å². The maximum absolute atomic E-state index is 10.6. The second-order valence-corrected chi connectivity index (χ2v) is 6.00. The molecule has 2 aliphatic rings. The molecule has 0 aromatic rings. The van der Waals surface area contributed by atoms with E-state index in [1.54, 1.807) is 0 Å². The van der Waals surface area contributed by atoms with Gasteiger partial charge in [0.15, 0.2) is 5.60 Å². The topological polar surface area (TPSA) is 212 Å². The smallest absolute Gasteiger partial charge is 0.150 e. The van der Waals surface area contributed by atoms with Crippen LogP contribution in [0.25, 0.3) is 0 Å². The highest BCUT2D eigenvalue weighted by atomic mass is 16.6. The normalized spacial score (nSPS) is 58.2. The molecule has 1 saturated carbocycles. The van der Waals surface area contributed by atoms with E-state index in [-0.39, 0.29) is 0 Å². The van der Waals surface area contributed by atoms with Crippen molar-refractivity contribution in [3.8, 4) is 0 Å². The van der Waals surface area contributed by atoms with Crippen molar-refractivity contribution in [2.75, 3.05) is 6.61 Å². The van der Waals surface area contributed by atoms with Crippen LogP contribution in [0.1, 0.15) is 0 Å². The van der Waals surface area contributed by atoms with E-state index in [1.165, 1.54) is 0 Å². The summed E-state index contributed by atoms with van der Waals surface area (Å²) in [5.74, 6) is 0. The summed E-state index contributed by atoms with van der Waals surface area (Å²) in [6.07, 6.45) is -19.8. The van der Waals surface area contributed by atoms with E-state index in [1.807, 2.05) is 0 Å². The molecule has 1 heterocycles. The lowest BCUT2D eigenvalue weighted by Gasteiger charge is -2.54. The SMILES string of the molecule is OC[C@H]1O[C@H](C2(O)[C@@H](O)[C@H](O)C(O)[C@H](O)[C@@H]2O)[C@H](O)[C@@H](O)[C@H]1O. The van der Waals surface area contributed by atoms with E-state index in [9.17, 15) is 46.0 Å². The molecule has 10 N–H and O–H groups in total. The molecule has 0 aromatic heterocycles. The predicted molar refractivity (Wildman–Crippen MR) is 68.8 cm³/mol. The van der Waals surface area contributed by atoms with Gasteiger partial charge in [0.1, 0.15) is 61.0 Å². The molecule has 23 heavy (non-hydrogen) atoms. The molecule has 0 bridgehead atoms. The molecule has 0 spiro atoms. The quantitative estimate of drug-likeness (QED) is 0.228. The molecule has 1 aliphatic heterocycles. The number of ether oxygens (including phenoxy) is 1.